The number of hydrogen-bond donors (Lipinski definition) is 9. The van der Waals surface area contributed by atoms with Crippen molar-refractivity contribution in [2.45, 2.75) is 56.3 Å². The van der Waals surface area contributed by atoms with E-state index in [2.05, 4.69) is 30.9 Å². The molecule has 0 aromatic carbocycles. The third kappa shape index (κ3) is 12.4. The number of aliphatic imine (C=N–C) groups is 1. The van der Waals surface area contributed by atoms with Crippen molar-refractivity contribution in [2.75, 3.05) is 18.6 Å². The van der Waals surface area contributed by atoms with Gasteiger partial charge in [0.15, 0.2) is 5.96 Å². The van der Waals surface area contributed by atoms with E-state index in [4.69, 9.17) is 22.9 Å². The van der Waals surface area contributed by atoms with E-state index < -0.39 is 60.2 Å². The van der Waals surface area contributed by atoms with Gasteiger partial charge in [0.05, 0.1) is 18.8 Å². The van der Waals surface area contributed by atoms with Crippen LogP contribution >= 0.6 is 11.8 Å². The third-order valence-corrected chi connectivity index (χ3v) is 5.82. The number of aromatic nitrogens is 2. The summed E-state index contributed by atoms with van der Waals surface area (Å²) in [6.07, 6.45) is 4.74. The molecule has 0 saturated heterocycles. The summed E-state index contributed by atoms with van der Waals surface area (Å²) in [5.41, 5.74) is 22.2. The van der Waals surface area contributed by atoms with Gasteiger partial charge in [0.2, 0.25) is 23.6 Å². The van der Waals surface area contributed by atoms with Gasteiger partial charge in [0.25, 0.3) is 0 Å². The predicted molar refractivity (Wildman–Crippen MR) is 140 cm³/mol. The summed E-state index contributed by atoms with van der Waals surface area (Å²) >= 11 is 1.52. The molecule has 0 bridgehead atoms. The van der Waals surface area contributed by atoms with E-state index in [1.807, 2.05) is 6.26 Å². The lowest BCUT2D eigenvalue weighted by Crippen LogP contribution is -2.58. The van der Waals surface area contributed by atoms with Gasteiger partial charge in [0, 0.05) is 24.9 Å². The molecule has 212 valence electrons. The highest BCUT2D eigenvalue weighted by atomic mass is 32.2. The molecule has 0 fully saturated rings. The number of carboxylic acids is 1. The van der Waals surface area contributed by atoms with E-state index in [1.165, 1.54) is 24.3 Å². The van der Waals surface area contributed by atoms with Gasteiger partial charge < -0.3 is 49.0 Å². The Kier molecular flexibility index (Phi) is 14.2. The highest BCUT2D eigenvalue weighted by Gasteiger charge is 2.31. The summed E-state index contributed by atoms with van der Waals surface area (Å²) < 4.78 is 0. The summed E-state index contributed by atoms with van der Waals surface area (Å²) in [4.78, 5) is 72.1. The zero-order valence-corrected chi connectivity index (χ0v) is 21.8. The molecular weight excluding hydrogens is 520 g/mol. The van der Waals surface area contributed by atoms with Gasteiger partial charge in [-0.1, -0.05) is 0 Å². The van der Waals surface area contributed by atoms with Crippen LogP contribution in [0.25, 0.3) is 0 Å². The second-order valence-corrected chi connectivity index (χ2v) is 9.30. The van der Waals surface area contributed by atoms with Crippen LogP contribution in [0, 0.1) is 0 Å². The zero-order valence-electron chi connectivity index (χ0n) is 21.0. The molecule has 13 N–H and O–H groups in total. The van der Waals surface area contributed by atoms with Crippen LogP contribution in [0.1, 0.15) is 31.4 Å². The number of amides is 4. The number of carbonyl (C=O) groups excluding carboxylic acids is 4. The molecule has 1 aromatic rings. The largest absolute Gasteiger partial charge is 0.480 e. The van der Waals surface area contributed by atoms with Gasteiger partial charge in [-0.25, -0.2) is 9.78 Å². The topological polar surface area (TPSA) is 287 Å². The van der Waals surface area contributed by atoms with E-state index >= 15 is 0 Å². The number of nitrogens with one attached hydrogen (secondary N) is 4. The lowest BCUT2D eigenvalue weighted by atomic mass is 10.1. The van der Waals surface area contributed by atoms with Crippen molar-refractivity contribution in [3.05, 3.63) is 18.2 Å². The number of primary amides is 1. The minimum Gasteiger partial charge on any atom is -0.480 e. The zero-order chi connectivity index (χ0) is 28.7. The minimum atomic E-state index is -1.60. The second kappa shape index (κ2) is 16.8. The quantitative estimate of drug-likeness (QED) is 0.0485. The van der Waals surface area contributed by atoms with Crippen LogP contribution in [0.15, 0.2) is 17.5 Å². The molecule has 16 nitrogen and oxygen atoms in total. The molecule has 1 rings (SSSR count). The summed E-state index contributed by atoms with van der Waals surface area (Å²) in [6.45, 7) is 0.129. The second-order valence-electron chi connectivity index (χ2n) is 8.31. The van der Waals surface area contributed by atoms with Crippen molar-refractivity contribution in [3.63, 3.8) is 0 Å². The van der Waals surface area contributed by atoms with Crippen molar-refractivity contribution in [1.29, 1.82) is 0 Å². The van der Waals surface area contributed by atoms with Crippen molar-refractivity contribution >= 4 is 47.3 Å². The summed E-state index contributed by atoms with van der Waals surface area (Å²) in [5, 5.41) is 16.7. The highest BCUT2D eigenvalue weighted by Crippen LogP contribution is 2.06. The number of nitrogens with two attached hydrogens (primary N) is 4. The average molecular weight is 557 g/mol. The van der Waals surface area contributed by atoms with E-state index in [-0.39, 0.29) is 31.8 Å². The first-order valence-electron chi connectivity index (χ1n) is 11.6. The van der Waals surface area contributed by atoms with Crippen LogP contribution in [0.4, 0.5) is 0 Å². The number of guanidine groups is 1. The maximum atomic E-state index is 13.3. The molecule has 0 aliphatic rings. The number of rotatable bonds is 18. The average Bonchev–Trinajstić information content (AvgIpc) is 3.35. The number of carbonyl (C=O) groups is 5. The highest BCUT2D eigenvalue weighted by molar-refractivity contribution is 7.98. The molecule has 17 heteroatoms. The summed E-state index contributed by atoms with van der Waals surface area (Å²) in [7, 11) is 0. The van der Waals surface area contributed by atoms with Crippen LogP contribution < -0.4 is 38.9 Å². The fourth-order valence-electron chi connectivity index (χ4n) is 3.20. The predicted octanol–water partition coefficient (Wildman–Crippen LogP) is -3.50. The van der Waals surface area contributed by atoms with Crippen molar-refractivity contribution < 1.29 is 29.1 Å². The molecule has 38 heavy (non-hydrogen) atoms. The Hall–Kier alpha value is -3.86. The molecular formula is C21H36N10O6S. The van der Waals surface area contributed by atoms with Crippen molar-refractivity contribution in [1.82, 2.24) is 25.9 Å². The fourth-order valence-corrected chi connectivity index (χ4v) is 3.69. The Morgan fingerprint density at radius 1 is 1.03 bits per heavy atom. The summed E-state index contributed by atoms with van der Waals surface area (Å²) in [6, 6.07) is -4.86. The van der Waals surface area contributed by atoms with Gasteiger partial charge in [-0.15, -0.1) is 0 Å². The first-order valence-corrected chi connectivity index (χ1v) is 13.0. The number of hydrogen-bond acceptors (Lipinski definition) is 9. The van der Waals surface area contributed by atoms with Crippen molar-refractivity contribution in [2.24, 2.45) is 27.9 Å². The first-order chi connectivity index (χ1) is 17.9. The number of aliphatic carboxylic acids is 1. The monoisotopic (exact) mass is 556 g/mol. The minimum absolute atomic E-state index is 0.00852. The van der Waals surface area contributed by atoms with Gasteiger partial charge in [-0.2, -0.15) is 11.8 Å². The van der Waals surface area contributed by atoms with Gasteiger partial charge in [0.1, 0.15) is 18.1 Å². The van der Waals surface area contributed by atoms with E-state index in [0.29, 0.717) is 17.9 Å². The molecule has 1 heterocycles. The van der Waals surface area contributed by atoms with Gasteiger partial charge in [-0.3, -0.25) is 24.2 Å². The van der Waals surface area contributed by atoms with Crippen LogP contribution in [0.3, 0.4) is 0 Å². The molecule has 4 unspecified atom stereocenters. The summed E-state index contributed by atoms with van der Waals surface area (Å²) in [5.74, 6) is -4.10. The Morgan fingerprint density at radius 3 is 2.21 bits per heavy atom. The van der Waals surface area contributed by atoms with Crippen LogP contribution in [0.5, 0.6) is 0 Å². The molecule has 0 aliphatic heterocycles. The Morgan fingerprint density at radius 2 is 1.66 bits per heavy atom. The van der Waals surface area contributed by atoms with Gasteiger partial charge in [-0.05, 0) is 31.3 Å². The molecule has 0 spiro atoms. The maximum Gasteiger partial charge on any atom is 0.326 e. The Balaban J connectivity index is 3.09. The number of thioether (sulfide) groups is 1. The molecule has 0 aliphatic carbocycles. The van der Waals surface area contributed by atoms with E-state index in [1.54, 1.807) is 0 Å². The number of carboxylic acid groups (broad SMARTS) is 1. The lowest BCUT2D eigenvalue weighted by molar-refractivity contribution is -0.143. The Labute approximate surface area is 223 Å². The molecule has 1 aromatic heterocycles. The SMILES string of the molecule is CSCCC(N)C(=O)NC(Cc1cnc[nH]1)C(=O)NC(CCCN=C(N)N)C(=O)NC(CC(N)=O)C(=O)O. The van der Waals surface area contributed by atoms with Crippen LogP contribution in [0.2, 0.25) is 0 Å². The molecule has 0 radical (unpaired) electrons. The van der Waals surface area contributed by atoms with E-state index in [9.17, 15) is 29.1 Å². The number of imidazole rings is 1. The maximum absolute atomic E-state index is 13.3. The van der Waals surface area contributed by atoms with E-state index in [0.717, 1.165) is 0 Å². The van der Waals surface area contributed by atoms with Gasteiger partial charge >= 0.3 is 5.97 Å². The van der Waals surface area contributed by atoms with Crippen LogP contribution in [-0.4, -0.2) is 93.4 Å². The van der Waals surface area contributed by atoms with Crippen LogP contribution in [-0.2, 0) is 30.4 Å². The lowest BCUT2D eigenvalue weighted by Gasteiger charge is -2.25. The third-order valence-electron chi connectivity index (χ3n) is 5.18. The Bertz CT molecular complexity index is 970. The number of H-pyrrole nitrogens is 1. The molecule has 4 atom stereocenters. The fraction of sp³-hybridized carbons (Fsp3) is 0.571. The smallest absolute Gasteiger partial charge is 0.326 e. The number of aromatic amines is 1. The normalized spacial score (nSPS) is 13.8. The standard InChI is InChI=1S/C21H36N10O6S/c1-38-6-4-12(22)17(33)30-14(7-11-9-26-10-28-11)19(35)29-13(3-2-5-27-21(24)25)18(34)31-15(20(36)37)8-16(23)32/h9-10,12-15H,2-8,22H2,1H3,(H2,23,32)(H,26,28)(H,29,35)(H,30,33)(H,31,34)(H,36,37)(H4,24,25,27). The first kappa shape index (κ1) is 32.2. The number of nitrogens with zero attached hydrogens (tertiary/aromatic N) is 2. The molecule has 4 amide bonds. The molecule has 0 saturated carbocycles. The van der Waals surface area contributed by atoms with Crippen molar-refractivity contribution in [3.8, 4) is 0 Å².